The van der Waals surface area contributed by atoms with E-state index in [4.69, 9.17) is 23.2 Å². The average Bonchev–Trinajstić information content (AvgIpc) is 2.96. The van der Waals surface area contributed by atoms with Crippen molar-refractivity contribution in [1.82, 2.24) is 20.9 Å². The third-order valence-corrected chi connectivity index (χ3v) is 5.47. The number of aromatic nitrogens is 1. The number of rotatable bonds is 7. The number of hydrogen-bond donors (Lipinski definition) is 3. The SMILES string of the molecule is CCNC(=NCc1nc(C)c(C)s1)NCCNC(=O)c1ccc(Cl)c(Cl)c1. The Bertz CT molecular complexity index is 803. The molecule has 1 aromatic heterocycles. The molecule has 3 N–H and O–H groups in total. The second-order valence-electron chi connectivity index (χ2n) is 5.76. The Morgan fingerprint density at radius 1 is 1.15 bits per heavy atom. The average molecular weight is 428 g/mol. The number of carbonyl (C=O) groups excluding carboxylic acids is 1. The van der Waals surface area contributed by atoms with E-state index in [0.29, 0.717) is 41.2 Å². The van der Waals surface area contributed by atoms with Gasteiger partial charge in [-0.2, -0.15) is 0 Å². The van der Waals surface area contributed by atoms with Crippen molar-refractivity contribution in [3.63, 3.8) is 0 Å². The molecule has 0 aliphatic rings. The lowest BCUT2D eigenvalue weighted by molar-refractivity contribution is 0.0954. The van der Waals surface area contributed by atoms with Gasteiger partial charge in [0.1, 0.15) is 5.01 Å². The van der Waals surface area contributed by atoms with Crippen LogP contribution in [-0.4, -0.2) is 36.5 Å². The van der Waals surface area contributed by atoms with Crippen LogP contribution in [-0.2, 0) is 6.54 Å². The Morgan fingerprint density at radius 3 is 2.52 bits per heavy atom. The van der Waals surface area contributed by atoms with Gasteiger partial charge in [-0.25, -0.2) is 9.98 Å². The van der Waals surface area contributed by atoms with Gasteiger partial charge >= 0.3 is 0 Å². The Morgan fingerprint density at radius 2 is 1.89 bits per heavy atom. The molecule has 0 spiro atoms. The minimum Gasteiger partial charge on any atom is -0.357 e. The maximum atomic E-state index is 12.1. The normalized spacial score (nSPS) is 11.4. The number of thiazole rings is 1. The van der Waals surface area contributed by atoms with Crippen molar-refractivity contribution in [1.29, 1.82) is 0 Å². The largest absolute Gasteiger partial charge is 0.357 e. The number of carbonyl (C=O) groups is 1. The minimum absolute atomic E-state index is 0.203. The lowest BCUT2D eigenvalue weighted by atomic mass is 10.2. The van der Waals surface area contributed by atoms with Crippen LogP contribution in [0.4, 0.5) is 0 Å². The first kappa shape index (κ1) is 21.5. The van der Waals surface area contributed by atoms with E-state index in [-0.39, 0.29) is 5.91 Å². The van der Waals surface area contributed by atoms with E-state index in [0.717, 1.165) is 17.2 Å². The van der Waals surface area contributed by atoms with Crippen LogP contribution in [0.2, 0.25) is 10.0 Å². The van der Waals surface area contributed by atoms with E-state index in [9.17, 15) is 4.79 Å². The standard InChI is InChI=1S/C18H23Cl2N5OS/c1-4-21-18(24-10-16-25-11(2)12(3)27-16)23-8-7-22-17(26)13-5-6-14(19)15(20)9-13/h5-6,9H,4,7-8,10H2,1-3H3,(H,22,26)(H2,21,23,24). The van der Waals surface area contributed by atoms with Crippen molar-refractivity contribution in [3.05, 3.63) is 49.4 Å². The number of benzene rings is 1. The fourth-order valence-electron chi connectivity index (χ4n) is 2.19. The zero-order valence-corrected chi connectivity index (χ0v) is 17.9. The summed E-state index contributed by atoms with van der Waals surface area (Å²) in [6.45, 7) is 8.30. The van der Waals surface area contributed by atoms with Crippen LogP contribution in [0.25, 0.3) is 0 Å². The zero-order valence-electron chi connectivity index (χ0n) is 15.5. The molecule has 9 heteroatoms. The van der Waals surface area contributed by atoms with Crippen LogP contribution in [0.3, 0.4) is 0 Å². The highest BCUT2D eigenvalue weighted by Gasteiger charge is 2.08. The first-order chi connectivity index (χ1) is 12.9. The highest BCUT2D eigenvalue weighted by atomic mass is 35.5. The predicted octanol–water partition coefficient (Wildman–Crippen LogP) is 3.55. The lowest BCUT2D eigenvalue weighted by Gasteiger charge is -2.11. The second-order valence-corrected chi connectivity index (χ2v) is 7.86. The molecular formula is C18H23Cl2N5OS. The van der Waals surface area contributed by atoms with Crippen molar-refractivity contribution in [3.8, 4) is 0 Å². The van der Waals surface area contributed by atoms with Crippen LogP contribution < -0.4 is 16.0 Å². The number of aliphatic imine (C=N–C) groups is 1. The van der Waals surface area contributed by atoms with Crippen molar-refractivity contribution < 1.29 is 4.79 Å². The molecule has 0 atom stereocenters. The Hall–Kier alpha value is -1.83. The molecule has 0 saturated heterocycles. The van der Waals surface area contributed by atoms with Gasteiger partial charge in [-0.1, -0.05) is 23.2 Å². The first-order valence-corrected chi connectivity index (χ1v) is 10.2. The molecule has 1 aromatic carbocycles. The molecule has 0 bridgehead atoms. The number of nitrogens with one attached hydrogen (secondary N) is 3. The molecule has 0 unspecified atom stereocenters. The summed E-state index contributed by atoms with van der Waals surface area (Å²) in [5.41, 5.74) is 1.52. The van der Waals surface area contributed by atoms with Crippen molar-refractivity contribution >= 4 is 46.4 Å². The minimum atomic E-state index is -0.203. The summed E-state index contributed by atoms with van der Waals surface area (Å²) in [4.78, 5) is 22.4. The quantitative estimate of drug-likeness (QED) is 0.358. The second kappa shape index (κ2) is 10.5. The van der Waals surface area contributed by atoms with Crippen LogP contribution in [0.1, 0.15) is 32.9 Å². The van der Waals surface area contributed by atoms with Crippen LogP contribution in [0, 0.1) is 13.8 Å². The number of aryl methyl sites for hydroxylation is 2. The Kier molecular flexibility index (Phi) is 8.34. The highest BCUT2D eigenvalue weighted by Crippen LogP contribution is 2.22. The number of amides is 1. The molecule has 0 aliphatic heterocycles. The van der Waals surface area contributed by atoms with Gasteiger partial charge in [0.15, 0.2) is 5.96 Å². The number of halogens is 2. The fourth-order valence-corrected chi connectivity index (χ4v) is 3.35. The van der Waals surface area contributed by atoms with E-state index in [1.165, 1.54) is 4.88 Å². The Balaban J connectivity index is 1.82. The number of hydrogen-bond acceptors (Lipinski definition) is 4. The molecule has 146 valence electrons. The molecule has 0 aliphatic carbocycles. The molecule has 1 amide bonds. The molecule has 6 nitrogen and oxygen atoms in total. The summed E-state index contributed by atoms with van der Waals surface area (Å²) < 4.78 is 0. The topological polar surface area (TPSA) is 78.4 Å². The van der Waals surface area contributed by atoms with E-state index in [2.05, 4.69) is 32.9 Å². The van der Waals surface area contributed by atoms with E-state index >= 15 is 0 Å². The summed E-state index contributed by atoms with van der Waals surface area (Å²) in [6.07, 6.45) is 0. The third kappa shape index (κ3) is 6.68. The van der Waals surface area contributed by atoms with Crippen molar-refractivity contribution in [2.75, 3.05) is 19.6 Å². The summed E-state index contributed by atoms with van der Waals surface area (Å²) in [7, 11) is 0. The van der Waals surface area contributed by atoms with Gasteiger partial charge in [0.2, 0.25) is 0 Å². The molecule has 2 aromatic rings. The van der Waals surface area contributed by atoms with Gasteiger partial charge in [-0.15, -0.1) is 11.3 Å². The summed E-state index contributed by atoms with van der Waals surface area (Å²) in [5.74, 6) is 0.484. The molecule has 0 fully saturated rings. The summed E-state index contributed by atoms with van der Waals surface area (Å²) >= 11 is 13.5. The van der Waals surface area contributed by atoms with Gasteiger partial charge in [-0.05, 0) is 39.0 Å². The van der Waals surface area contributed by atoms with Gasteiger partial charge < -0.3 is 16.0 Å². The Labute approximate surface area is 173 Å². The molecule has 1 heterocycles. The third-order valence-electron chi connectivity index (χ3n) is 3.67. The zero-order chi connectivity index (χ0) is 19.8. The number of nitrogens with zero attached hydrogens (tertiary/aromatic N) is 2. The maximum absolute atomic E-state index is 12.1. The maximum Gasteiger partial charge on any atom is 0.251 e. The molecule has 27 heavy (non-hydrogen) atoms. The highest BCUT2D eigenvalue weighted by molar-refractivity contribution is 7.11. The summed E-state index contributed by atoms with van der Waals surface area (Å²) in [6, 6.07) is 4.80. The molecule has 2 rings (SSSR count). The monoisotopic (exact) mass is 427 g/mol. The van der Waals surface area contributed by atoms with Gasteiger partial charge in [-0.3, -0.25) is 4.79 Å². The van der Waals surface area contributed by atoms with Gasteiger partial charge in [0.25, 0.3) is 5.91 Å². The molecular weight excluding hydrogens is 405 g/mol. The molecule has 0 radical (unpaired) electrons. The lowest BCUT2D eigenvalue weighted by Crippen LogP contribution is -2.41. The van der Waals surface area contributed by atoms with Crippen molar-refractivity contribution in [2.45, 2.75) is 27.3 Å². The smallest absolute Gasteiger partial charge is 0.251 e. The van der Waals surface area contributed by atoms with Gasteiger partial charge in [0, 0.05) is 30.1 Å². The first-order valence-electron chi connectivity index (χ1n) is 8.59. The van der Waals surface area contributed by atoms with E-state index in [1.54, 1.807) is 29.5 Å². The van der Waals surface area contributed by atoms with E-state index < -0.39 is 0 Å². The predicted molar refractivity (Wildman–Crippen MR) is 113 cm³/mol. The number of guanidine groups is 1. The van der Waals surface area contributed by atoms with Crippen molar-refractivity contribution in [2.24, 2.45) is 4.99 Å². The van der Waals surface area contributed by atoms with Crippen LogP contribution in [0.5, 0.6) is 0 Å². The van der Waals surface area contributed by atoms with Gasteiger partial charge in [0.05, 0.1) is 22.3 Å². The van der Waals surface area contributed by atoms with Crippen LogP contribution >= 0.6 is 34.5 Å². The fraction of sp³-hybridized carbons (Fsp3) is 0.389. The molecule has 0 saturated carbocycles. The van der Waals surface area contributed by atoms with Crippen LogP contribution in [0.15, 0.2) is 23.2 Å². The van der Waals surface area contributed by atoms with E-state index in [1.807, 2.05) is 13.8 Å². The summed E-state index contributed by atoms with van der Waals surface area (Å²) in [5, 5.41) is 11.0.